The number of ether oxygens (including phenoxy) is 2. The summed E-state index contributed by atoms with van der Waals surface area (Å²) in [7, 11) is 0. The van der Waals surface area contributed by atoms with Crippen molar-refractivity contribution in [1.29, 1.82) is 0 Å². The van der Waals surface area contributed by atoms with Gasteiger partial charge in [0.1, 0.15) is 6.79 Å². The van der Waals surface area contributed by atoms with Gasteiger partial charge in [-0.25, -0.2) is 0 Å². The van der Waals surface area contributed by atoms with Gasteiger partial charge in [-0.2, -0.15) is 0 Å². The van der Waals surface area contributed by atoms with Gasteiger partial charge in [0.05, 0.1) is 12.7 Å². The maximum absolute atomic E-state index is 5.17. The molecule has 2 heteroatoms. The first-order valence-corrected chi connectivity index (χ1v) is 3.00. The fraction of sp³-hybridized carbons (Fsp3) is 1.00. The molecule has 0 aliphatic carbocycles. The predicted molar refractivity (Wildman–Crippen MR) is 30.5 cm³/mol. The van der Waals surface area contributed by atoms with Gasteiger partial charge < -0.3 is 9.47 Å². The van der Waals surface area contributed by atoms with E-state index in [1.54, 1.807) is 0 Å². The van der Waals surface area contributed by atoms with Gasteiger partial charge in [-0.05, 0) is 6.92 Å². The number of hydrogen-bond acceptors (Lipinski definition) is 2. The van der Waals surface area contributed by atoms with Crippen molar-refractivity contribution in [2.45, 2.75) is 20.0 Å². The zero-order chi connectivity index (χ0) is 5.98. The van der Waals surface area contributed by atoms with E-state index in [9.17, 15) is 0 Å². The zero-order valence-corrected chi connectivity index (χ0v) is 5.39. The first kappa shape index (κ1) is 6.05. The number of rotatable bonds is 0. The highest BCUT2D eigenvalue weighted by atomic mass is 16.7. The highest BCUT2D eigenvalue weighted by Gasteiger charge is 2.16. The van der Waals surface area contributed by atoms with E-state index in [0.717, 1.165) is 6.61 Å². The molecule has 0 amide bonds. The molecule has 1 heterocycles. The molecule has 0 aromatic heterocycles. The third-order valence-corrected chi connectivity index (χ3v) is 1.60. The molecule has 0 bridgehead atoms. The Kier molecular flexibility index (Phi) is 1.86. The van der Waals surface area contributed by atoms with Crippen LogP contribution >= 0.6 is 0 Å². The molecule has 1 rings (SSSR count). The number of hydrogen-bond donors (Lipinski definition) is 0. The Morgan fingerprint density at radius 1 is 1.38 bits per heavy atom. The van der Waals surface area contributed by atoms with Gasteiger partial charge in [-0.15, -0.1) is 0 Å². The van der Waals surface area contributed by atoms with E-state index >= 15 is 0 Å². The summed E-state index contributed by atoms with van der Waals surface area (Å²) in [6, 6.07) is 0. The molecule has 1 saturated heterocycles. The fourth-order valence-corrected chi connectivity index (χ4v) is 0.689. The Labute approximate surface area is 49.8 Å². The van der Waals surface area contributed by atoms with Gasteiger partial charge in [0.2, 0.25) is 0 Å². The molecule has 48 valence electrons. The van der Waals surface area contributed by atoms with Crippen molar-refractivity contribution in [2.75, 3.05) is 13.4 Å². The van der Waals surface area contributed by atoms with Gasteiger partial charge in [0.15, 0.2) is 0 Å². The molecule has 0 aromatic carbocycles. The predicted octanol–water partition coefficient (Wildman–Crippen LogP) is 1.02. The summed E-state index contributed by atoms with van der Waals surface area (Å²) in [5.74, 6) is 0.559. The summed E-state index contributed by atoms with van der Waals surface area (Å²) in [5.41, 5.74) is 0. The lowest BCUT2D eigenvalue weighted by Crippen LogP contribution is -2.29. The Hall–Kier alpha value is -0.0800. The van der Waals surface area contributed by atoms with Crippen LogP contribution in [0.25, 0.3) is 0 Å². The highest BCUT2D eigenvalue weighted by Crippen LogP contribution is 2.11. The van der Waals surface area contributed by atoms with E-state index in [4.69, 9.17) is 9.47 Å². The zero-order valence-electron chi connectivity index (χ0n) is 5.39. The maximum Gasteiger partial charge on any atom is 0.147 e. The van der Waals surface area contributed by atoms with Crippen LogP contribution in [0.4, 0.5) is 0 Å². The summed E-state index contributed by atoms with van der Waals surface area (Å²) < 4.78 is 10.2. The molecule has 0 N–H and O–H groups in total. The minimum Gasteiger partial charge on any atom is -0.355 e. The maximum atomic E-state index is 5.17. The summed E-state index contributed by atoms with van der Waals surface area (Å²) >= 11 is 0. The summed E-state index contributed by atoms with van der Waals surface area (Å²) in [4.78, 5) is 0. The van der Waals surface area contributed by atoms with Crippen molar-refractivity contribution in [2.24, 2.45) is 5.92 Å². The standard InChI is InChI=1S/C6H12O2/c1-5-3-7-4-8-6(5)2/h5-6H,3-4H2,1-2H3/t5-,6-/m1/s1. The topological polar surface area (TPSA) is 18.5 Å². The van der Waals surface area contributed by atoms with Crippen molar-refractivity contribution < 1.29 is 9.47 Å². The molecule has 1 aliphatic rings. The van der Waals surface area contributed by atoms with Gasteiger partial charge >= 0.3 is 0 Å². The lowest BCUT2D eigenvalue weighted by Gasteiger charge is -2.25. The lowest BCUT2D eigenvalue weighted by molar-refractivity contribution is -0.159. The molecule has 0 unspecified atom stereocenters. The highest BCUT2D eigenvalue weighted by molar-refractivity contribution is 4.61. The van der Waals surface area contributed by atoms with Crippen molar-refractivity contribution in [3.05, 3.63) is 0 Å². The Bertz CT molecular complexity index is 62.9. The first-order valence-electron chi connectivity index (χ1n) is 3.00. The Morgan fingerprint density at radius 3 is 2.50 bits per heavy atom. The normalized spacial score (nSPS) is 39.8. The third kappa shape index (κ3) is 1.20. The second-order valence-electron chi connectivity index (χ2n) is 2.34. The summed E-state index contributed by atoms with van der Waals surface area (Å²) in [6.07, 6.45) is 0.378. The monoisotopic (exact) mass is 116 g/mol. The van der Waals surface area contributed by atoms with Crippen molar-refractivity contribution >= 4 is 0 Å². The minimum atomic E-state index is 0.378. The summed E-state index contributed by atoms with van der Waals surface area (Å²) in [5, 5.41) is 0. The van der Waals surface area contributed by atoms with Crippen LogP contribution in [0.2, 0.25) is 0 Å². The molecular weight excluding hydrogens is 104 g/mol. The molecular formula is C6H12O2. The van der Waals surface area contributed by atoms with Gasteiger partial charge in [0, 0.05) is 5.92 Å². The van der Waals surface area contributed by atoms with Gasteiger partial charge in [0.25, 0.3) is 0 Å². The molecule has 2 nitrogen and oxygen atoms in total. The molecule has 0 spiro atoms. The van der Waals surface area contributed by atoms with Gasteiger partial charge in [-0.1, -0.05) is 6.92 Å². The van der Waals surface area contributed by atoms with Crippen molar-refractivity contribution in [1.82, 2.24) is 0 Å². The van der Waals surface area contributed by atoms with Crippen LogP contribution in [0.3, 0.4) is 0 Å². The molecule has 2 atom stereocenters. The second-order valence-corrected chi connectivity index (χ2v) is 2.34. The van der Waals surface area contributed by atoms with Crippen LogP contribution < -0.4 is 0 Å². The van der Waals surface area contributed by atoms with Gasteiger partial charge in [-0.3, -0.25) is 0 Å². The molecule has 0 aromatic rings. The largest absolute Gasteiger partial charge is 0.355 e. The first-order chi connectivity index (χ1) is 3.80. The van der Waals surface area contributed by atoms with Crippen LogP contribution in [0.5, 0.6) is 0 Å². The van der Waals surface area contributed by atoms with Crippen LogP contribution in [0.1, 0.15) is 13.8 Å². The molecule has 8 heavy (non-hydrogen) atoms. The summed E-state index contributed by atoms with van der Waals surface area (Å²) in [6.45, 7) is 5.53. The van der Waals surface area contributed by atoms with E-state index in [-0.39, 0.29) is 0 Å². The quantitative estimate of drug-likeness (QED) is 0.470. The van der Waals surface area contributed by atoms with Crippen LogP contribution in [0, 0.1) is 5.92 Å². The van der Waals surface area contributed by atoms with Crippen LogP contribution in [-0.4, -0.2) is 19.5 Å². The average molecular weight is 116 g/mol. The Balaban J connectivity index is 2.28. The minimum absolute atomic E-state index is 0.378. The molecule has 1 fully saturated rings. The average Bonchev–Trinajstić information content (AvgIpc) is 1.77. The molecule has 1 aliphatic heterocycles. The Morgan fingerprint density at radius 2 is 2.12 bits per heavy atom. The van der Waals surface area contributed by atoms with E-state index in [0.29, 0.717) is 18.8 Å². The van der Waals surface area contributed by atoms with E-state index < -0.39 is 0 Å². The van der Waals surface area contributed by atoms with Crippen LogP contribution in [0.15, 0.2) is 0 Å². The smallest absolute Gasteiger partial charge is 0.147 e. The second kappa shape index (κ2) is 2.46. The van der Waals surface area contributed by atoms with Crippen molar-refractivity contribution in [3.8, 4) is 0 Å². The molecule has 0 radical (unpaired) electrons. The molecule has 0 saturated carbocycles. The third-order valence-electron chi connectivity index (χ3n) is 1.60. The van der Waals surface area contributed by atoms with E-state index in [1.807, 2.05) is 0 Å². The SMILES string of the molecule is C[C@@H]1COCO[C@@H]1C. The van der Waals surface area contributed by atoms with Crippen molar-refractivity contribution in [3.63, 3.8) is 0 Å². The van der Waals surface area contributed by atoms with E-state index in [2.05, 4.69) is 13.8 Å². The fourth-order valence-electron chi connectivity index (χ4n) is 0.689. The van der Waals surface area contributed by atoms with Crippen LogP contribution in [-0.2, 0) is 9.47 Å². The lowest BCUT2D eigenvalue weighted by atomic mass is 10.1. The van der Waals surface area contributed by atoms with E-state index in [1.165, 1.54) is 0 Å².